The Balaban J connectivity index is 2.26. The molecule has 3 rings (SSSR count). The van der Waals surface area contributed by atoms with Crippen molar-refractivity contribution in [3.63, 3.8) is 0 Å². The van der Waals surface area contributed by atoms with Gasteiger partial charge in [0.05, 0.1) is 5.52 Å². The molecule has 2 nitrogen and oxygen atoms in total. The molecule has 1 N–H and O–H groups in total. The topological polar surface area (TPSA) is 24.9 Å². The molecule has 1 saturated carbocycles. The molecule has 0 aliphatic heterocycles. The monoisotopic (exact) mass is 304 g/mol. The molecule has 0 amide bonds. The maximum Gasteiger partial charge on any atom is 0.0870 e. The van der Waals surface area contributed by atoms with Crippen LogP contribution in [-0.4, -0.2) is 11.5 Å². The van der Waals surface area contributed by atoms with Crippen LogP contribution in [0.3, 0.4) is 0 Å². The van der Waals surface area contributed by atoms with Crippen molar-refractivity contribution in [1.29, 1.82) is 0 Å². The molecule has 0 bridgehead atoms. The van der Waals surface area contributed by atoms with Crippen molar-refractivity contribution in [2.75, 3.05) is 11.9 Å². The number of hydrogen-bond donors (Lipinski definition) is 1. The van der Waals surface area contributed by atoms with Crippen molar-refractivity contribution >= 4 is 32.5 Å². The van der Waals surface area contributed by atoms with E-state index >= 15 is 0 Å². The highest BCUT2D eigenvalue weighted by Crippen LogP contribution is 2.42. The van der Waals surface area contributed by atoms with Gasteiger partial charge in [-0.3, -0.25) is 4.98 Å². The molecule has 0 spiro atoms. The summed E-state index contributed by atoms with van der Waals surface area (Å²) >= 11 is 3.68. The highest BCUT2D eigenvalue weighted by Gasteiger charge is 2.26. The zero-order valence-corrected chi connectivity index (χ0v) is 12.3. The molecule has 0 radical (unpaired) electrons. The first-order valence-electron chi connectivity index (χ1n) is 6.54. The van der Waals surface area contributed by atoms with Crippen LogP contribution in [0, 0.1) is 6.92 Å². The van der Waals surface area contributed by atoms with Crippen LogP contribution in [-0.2, 0) is 0 Å². The third kappa shape index (κ3) is 2.01. The number of hydrogen-bond acceptors (Lipinski definition) is 2. The van der Waals surface area contributed by atoms with Gasteiger partial charge in [0.2, 0.25) is 0 Å². The summed E-state index contributed by atoms with van der Waals surface area (Å²) in [6.07, 6.45) is 2.57. The van der Waals surface area contributed by atoms with Crippen LogP contribution in [0.25, 0.3) is 10.9 Å². The highest BCUT2D eigenvalue weighted by molar-refractivity contribution is 9.10. The van der Waals surface area contributed by atoms with Gasteiger partial charge in [0.25, 0.3) is 0 Å². The van der Waals surface area contributed by atoms with Gasteiger partial charge in [0.1, 0.15) is 0 Å². The van der Waals surface area contributed by atoms with E-state index in [1.165, 1.54) is 35.2 Å². The summed E-state index contributed by atoms with van der Waals surface area (Å²) in [6.45, 7) is 5.18. The van der Waals surface area contributed by atoms with Gasteiger partial charge >= 0.3 is 0 Å². The third-order valence-electron chi connectivity index (χ3n) is 3.50. The summed E-state index contributed by atoms with van der Waals surface area (Å²) in [4.78, 5) is 4.85. The average molecular weight is 305 g/mol. The second-order valence-corrected chi connectivity index (χ2v) is 5.78. The molecule has 1 heterocycles. The van der Waals surface area contributed by atoms with Gasteiger partial charge in [-0.2, -0.15) is 0 Å². The summed E-state index contributed by atoms with van der Waals surface area (Å²) in [6, 6.07) is 6.54. The maximum atomic E-state index is 4.85. The van der Waals surface area contributed by atoms with Gasteiger partial charge in [-0.25, -0.2) is 0 Å². The molecule has 1 aliphatic carbocycles. The quantitative estimate of drug-likeness (QED) is 0.895. The van der Waals surface area contributed by atoms with Gasteiger partial charge < -0.3 is 5.32 Å². The third-order valence-corrected chi connectivity index (χ3v) is 4.50. The van der Waals surface area contributed by atoms with Crippen LogP contribution in [0.1, 0.15) is 36.9 Å². The zero-order chi connectivity index (χ0) is 12.7. The summed E-state index contributed by atoms with van der Waals surface area (Å²) in [5, 5.41) is 4.67. The number of nitrogens with one attached hydrogen (secondary N) is 1. The molecule has 1 aromatic heterocycles. The van der Waals surface area contributed by atoms with Crippen LogP contribution in [0.15, 0.2) is 22.7 Å². The number of halogens is 1. The Morgan fingerprint density at radius 2 is 2.17 bits per heavy atom. The molecule has 94 valence electrons. The van der Waals surface area contributed by atoms with Gasteiger partial charge in [0.15, 0.2) is 0 Å². The van der Waals surface area contributed by atoms with Crippen molar-refractivity contribution in [1.82, 2.24) is 4.98 Å². The van der Waals surface area contributed by atoms with Crippen molar-refractivity contribution < 1.29 is 0 Å². The highest BCUT2D eigenvalue weighted by atomic mass is 79.9. The van der Waals surface area contributed by atoms with Gasteiger partial charge in [-0.15, -0.1) is 0 Å². The number of nitrogens with zero attached hydrogens (tertiary/aromatic N) is 1. The van der Waals surface area contributed by atoms with E-state index in [-0.39, 0.29) is 0 Å². The lowest BCUT2D eigenvalue weighted by atomic mass is 10.1. The number of fused-ring (bicyclic) bond motifs is 1. The molecule has 1 fully saturated rings. The molecule has 0 unspecified atom stereocenters. The molecule has 1 aliphatic rings. The van der Waals surface area contributed by atoms with Crippen LogP contribution < -0.4 is 5.32 Å². The summed E-state index contributed by atoms with van der Waals surface area (Å²) in [5.41, 5.74) is 4.79. The molecular weight excluding hydrogens is 288 g/mol. The van der Waals surface area contributed by atoms with E-state index in [4.69, 9.17) is 4.98 Å². The predicted octanol–water partition coefficient (Wildman–Crippen LogP) is 4.61. The Bertz CT molecular complexity index is 603. The first kappa shape index (κ1) is 12.0. The summed E-state index contributed by atoms with van der Waals surface area (Å²) in [7, 11) is 0. The lowest BCUT2D eigenvalue weighted by Crippen LogP contribution is -2.01. The lowest BCUT2D eigenvalue weighted by molar-refractivity contribution is 1.04. The molecule has 0 saturated heterocycles. The van der Waals surface area contributed by atoms with Crippen molar-refractivity contribution in [2.24, 2.45) is 0 Å². The number of pyridine rings is 1. The smallest absolute Gasteiger partial charge is 0.0870 e. The largest absolute Gasteiger partial charge is 0.385 e. The molecular formula is C15H17BrN2. The van der Waals surface area contributed by atoms with E-state index in [1.807, 2.05) is 0 Å². The number of benzene rings is 1. The average Bonchev–Trinajstić information content (AvgIpc) is 3.18. The SMILES string of the molecule is CCNc1cc(C2CC2)nc2c(Br)c(C)ccc12. The molecule has 1 aromatic carbocycles. The Morgan fingerprint density at radius 3 is 2.83 bits per heavy atom. The van der Waals surface area contributed by atoms with E-state index in [9.17, 15) is 0 Å². The van der Waals surface area contributed by atoms with Crippen LogP contribution in [0.5, 0.6) is 0 Å². The van der Waals surface area contributed by atoms with Crippen LogP contribution in [0.2, 0.25) is 0 Å². The van der Waals surface area contributed by atoms with Crippen molar-refractivity contribution in [3.8, 4) is 0 Å². The Hall–Kier alpha value is -1.09. The number of anilines is 1. The van der Waals surface area contributed by atoms with Crippen molar-refractivity contribution in [3.05, 3.63) is 33.9 Å². The predicted molar refractivity (Wildman–Crippen MR) is 80.3 cm³/mol. The minimum Gasteiger partial charge on any atom is -0.385 e. The molecule has 18 heavy (non-hydrogen) atoms. The second kappa shape index (κ2) is 4.54. The van der Waals surface area contributed by atoms with Gasteiger partial charge in [-0.05, 0) is 54.2 Å². The fraction of sp³-hybridized carbons (Fsp3) is 0.400. The zero-order valence-electron chi connectivity index (χ0n) is 10.8. The first-order valence-corrected chi connectivity index (χ1v) is 7.33. The first-order chi connectivity index (χ1) is 8.70. The molecule has 0 atom stereocenters. The Morgan fingerprint density at radius 1 is 1.39 bits per heavy atom. The minimum absolute atomic E-state index is 0.680. The standard InChI is InChI=1S/C15H17BrN2/c1-3-17-13-8-12(10-5-6-10)18-15-11(13)7-4-9(2)14(15)16/h4,7-8,10H,3,5-6H2,1-2H3,(H,17,18). The Kier molecular flexibility index (Phi) is 3.02. The minimum atomic E-state index is 0.680. The van der Waals surface area contributed by atoms with Crippen LogP contribution >= 0.6 is 15.9 Å². The second-order valence-electron chi connectivity index (χ2n) is 4.99. The number of aromatic nitrogens is 1. The lowest BCUT2D eigenvalue weighted by Gasteiger charge is -2.12. The number of rotatable bonds is 3. The van der Waals surface area contributed by atoms with Gasteiger partial charge in [0, 0.05) is 33.7 Å². The van der Waals surface area contributed by atoms with E-state index < -0.39 is 0 Å². The normalized spacial score (nSPS) is 15.1. The number of aryl methyl sites for hydroxylation is 1. The van der Waals surface area contributed by atoms with E-state index in [0.717, 1.165) is 16.5 Å². The van der Waals surface area contributed by atoms with E-state index in [2.05, 4.69) is 53.3 Å². The Labute approximate surface area is 116 Å². The van der Waals surface area contributed by atoms with Gasteiger partial charge in [-0.1, -0.05) is 12.1 Å². The molecule has 3 heteroatoms. The van der Waals surface area contributed by atoms with E-state index in [0.29, 0.717) is 5.92 Å². The van der Waals surface area contributed by atoms with Crippen LogP contribution in [0.4, 0.5) is 5.69 Å². The van der Waals surface area contributed by atoms with Crippen molar-refractivity contribution in [2.45, 2.75) is 32.6 Å². The van der Waals surface area contributed by atoms with E-state index in [1.54, 1.807) is 0 Å². The fourth-order valence-corrected chi connectivity index (χ4v) is 2.74. The maximum absolute atomic E-state index is 4.85. The summed E-state index contributed by atoms with van der Waals surface area (Å²) < 4.78 is 1.13. The molecule has 2 aromatic rings. The fourth-order valence-electron chi connectivity index (χ4n) is 2.30. The summed E-state index contributed by atoms with van der Waals surface area (Å²) in [5.74, 6) is 0.680.